The third-order valence-electron chi connectivity index (χ3n) is 5.81. The van der Waals surface area contributed by atoms with Crippen molar-refractivity contribution in [3.8, 4) is 40.1 Å². The van der Waals surface area contributed by atoms with Gasteiger partial charge in [-0.05, 0) is 24.3 Å². The van der Waals surface area contributed by atoms with Crippen molar-refractivity contribution in [1.29, 1.82) is 0 Å². The summed E-state index contributed by atoms with van der Waals surface area (Å²) in [7, 11) is 4.66. The second-order valence-electron chi connectivity index (χ2n) is 7.90. The van der Waals surface area contributed by atoms with Crippen LogP contribution in [0.3, 0.4) is 0 Å². The number of hydrogen-bond donors (Lipinski definition) is 3. The van der Waals surface area contributed by atoms with E-state index in [0.717, 1.165) is 27.4 Å². The number of carbonyl (C=O) groups excluding carboxylic acids is 1. The molecule has 0 atom stereocenters. The smallest absolute Gasteiger partial charge is 0.266 e. The number of aromatic nitrogens is 4. The number of carbonyl (C=O) groups is 1. The van der Waals surface area contributed by atoms with Gasteiger partial charge >= 0.3 is 0 Å². The number of amides is 1. The summed E-state index contributed by atoms with van der Waals surface area (Å²) in [5, 5.41) is 18.8. The number of nitrogens with one attached hydrogen (secondary N) is 2. The average Bonchev–Trinajstić information content (AvgIpc) is 3.55. The van der Waals surface area contributed by atoms with Crippen LogP contribution in [0.15, 0.2) is 46.9 Å². The molecule has 0 saturated carbocycles. The van der Waals surface area contributed by atoms with Crippen molar-refractivity contribution in [3.05, 3.63) is 48.4 Å². The fourth-order valence-corrected chi connectivity index (χ4v) is 4.12. The van der Waals surface area contributed by atoms with E-state index in [1.165, 1.54) is 0 Å². The molecule has 11 nitrogen and oxygen atoms in total. The number of pyridine rings is 1. The van der Waals surface area contributed by atoms with Crippen molar-refractivity contribution in [2.45, 2.75) is 12.8 Å². The molecule has 3 N–H and O–H groups in total. The fraction of sp³-hybridized carbons (Fsp3) is 0.200. The van der Waals surface area contributed by atoms with Crippen LogP contribution >= 0.6 is 0 Å². The number of aromatic amines is 1. The van der Waals surface area contributed by atoms with Gasteiger partial charge in [0, 0.05) is 34.7 Å². The van der Waals surface area contributed by atoms with Gasteiger partial charge in [-0.3, -0.25) is 10.0 Å². The van der Waals surface area contributed by atoms with E-state index in [4.69, 9.17) is 28.8 Å². The summed E-state index contributed by atoms with van der Waals surface area (Å²) in [6, 6.07) is 13.5. The van der Waals surface area contributed by atoms with E-state index in [-0.39, 0.29) is 24.6 Å². The molecule has 0 aliphatic heterocycles. The normalized spacial score (nSPS) is 11.1. The number of fused-ring (bicyclic) bond motifs is 3. The summed E-state index contributed by atoms with van der Waals surface area (Å²) in [5.41, 5.74) is 5.15. The van der Waals surface area contributed by atoms with Crippen LogP contribution in [0.4, 0.5) is 0 Å². The van der Waals surface area contributed by atoms with Crippen molar-refractivity contribution in [1.82, 2.24) is 25.6 Å². The Balaban J connectivity index is 1.70. The molecular formula is C25H23N5O6. The number of benzene rings is 2. The molecule has 0 saturated heterocycles. The van der Waals surface area contributed by atoms with Crippen molar-refractivity contribution in [2.75, 3.05) is 21.3 Å². The number of nitrogens with zero attached hydrogens (tertiary/aromatic N) is 3. The molecule has 1 amide bonds. The highest BCUT2D eigenvalue weighted by Crippen LogP contribution is 2.43. The van der Waals surface area contributed by atoms with Gasteiger partial charge in [0.25, 0.3) is 5.89 Å². The maximum atomic E-state index is 11.4. The Morgan fingerprint density at radius 2 is 1.78 bits per heavy atom. The second kappa shape index (κ2) is 9.55. The fourth-order valence-electron chi connectivity index (χ4n) is 4.12. The number of ether oxygens (including phenoxy) is 3. The predicted octanol–water partition coefficient (Wildman–Crippen LogP) is 3.90. The Morgan fingerprint density at radius 1 is 1.03 bits per heavy atom. The lowest BCUT2D eigenvalue weighted by Gasteiger charge is -2.14. The highest BCUT2D eigenvalue weighted by molar-refractivity contribution is 6.12. The molecule has 0 unspecified atom stereocenters. The maximum absolute atomic E-state index is 11.4. The van der Waals surface area contributed by atoms with Crippen LogP contribution in [0.1, 0.15) is 12.3 Å². The molecule has 0 aliphatic rings. The lowest BCUT2D eigenvalue weighted by Crippen LogP contribution is -2.18. The minimum absolute atomic E-state index is 0.00370. The van der Waals surface area contributed by atoms with Gasteiger partial charge in [0.1, 0.15) is 5.69 Å². The van der Waals surface area contributed by atoms with Gasteiger partial charge in [-0.2, -0.15) is 0 Å². The van der Waals surface area contributed by atoms with Gasteiger partial charge < -0.3 is 23.6 Å². The molecule has 36 heavy (non-hydrogen) atoms. The maximum Gasteiger partial charge on any atom is 0.266 e. The van der Waals surface area contributed by atoms with Gasteiger partial charge in [0.2, 0.25) is 17.5 Å². The molecule has 184 valence electrons. The standard InChI is InChI=1S/C25H23N5O6/c1-33-18-10-13(11-19(34-2)24(18)35-3)22-23-15(14-6-4-5-7-16(14)26-23)12-17(27-22)25-29-28-21(36-25)9-8-20(31)30-32/h4-7,10-12,26,32H,8-9H2,1-3H3,(H,30,31). The molecule has 2 aromatic carbocycles. The Bertz CT molecular complexity index is 1550. The van der Waals surface area contributed by atoms with E-state index in [2.05, 4.69) is 15.2 Å². The van der Waals surface area contributed by atoms with Gasteiger partial charge in [0.15, 0.2) is 11.5 Å². The number of H-pyrrole nitrogens is 1. The zero-order valence-corrected chi connectivity index (χ0v) is 19.8. The van der Waals surface area contributed by atoms with E-state index >= 15 is 0 Å². The Hall–Kier alpha value is -4.64. The summed E-state index contributed by atoms with van der Waals surface area (Å²) in [5.74, 6) is 1.37. The monoisotopic (exact) mass is 489 g/mol. The number of methoxy groups -OCH3 is 3. The van der Waals surface area contributed by atoms with E-state index < -0.39 is 5.91 Å². The quantitative estimate of drug-likeness (QED) is 0.218. The number of hydroxylamine groups is 1. The minimum atomic E-state index is -0.544. The van der Waals surface area contributed by atoms with Crippen molar-refractivity contribution < 1.29 is 28.6 Å². The average molecular weight is 489 g/mol. The topological polar surface area (TPSA) is 145 Å². The minimum Gasteiger partial charge on any atom is -0.493 e. The molecule has 0 aliphatic carbocycles. The highest BCUT2D eigenvalue weighted by Gasteiger charge is 2.21. The number of rotatable bonds is 8. The Kier molecular flexibility index (Phi) is 6.13. The van der Waals surface area contributed by atoms with Crippen LogP contribution in [0, 0.1) is 0 Å². The number of hydrogen-bond acceptors (Lipinski definition) is 9. The Morgan fingerprint density at radius 3 is 2.47 bits per heavy atom. The zero-order valence-electron chi connectivity index (χ0n) is 19.8. The van der Waals surface area contributed by atoms with E-state index in [1.807, 2.05) is 42.5 Å². The van der Waals surface area contributed by atoms with Crippen LogP contribution in [-0.4, -0.2) is 52.6 Å². The SMILES string of the molecule is COc1cc(-c2nc(-c3nnc(CCC(=O)NO)o3)cc3c2[nH]c2ccccc23)cc(OC)c1OC. The first-order valence-corrected chi connectivity index (χ1v) is 11.0. The van der Waals surface area contributed by atoms with Crippen LogP contribution < -0.4 is 19.7 Å². The summed E-state index contributed by atoms with van der Waals surface area (Å²) in [6.45, 7) is 0. The first-order valence-electron chi connectivity index (χ1n) is 11.0. The molecular weight excluding hydrogens is 466 g/mol. The first-order chi connectivity index (χ1) is 17.6. The van der Waals surface area contributed by atoms with Crippen LogP contribution in [0.5, 0.6) is 17.2 Å². The van der Waals surface area contributed by atoms with Gasteiger partial charge in [-0.25, -0.2) is 10.5 Å². The van der Waals surface area contributed by atoms with Crippen LogP contribution in [0.2, 0.25) is 0 Å². The molecule has 0 bridgehead atoms. The number of para-hydroxylation sites is 1. The third kappa shape index (κ3) is 4.05. The molecule has 3 heterocycles. The van der Waals surface area contributed by atoms with Gasteiger partial charge in [-0.1, -0.05) is 18.2 Å². The number of aryl methyl sites for hydroxylation is 1. The van der Waals surface area contributed by atoms with E-state index in [1.54, 1.807) is 26.8 Å². The van der Waals surface area contributed by atoms with Crippen molar-refractivity contribution in [2.24, 2.45) is 0 Å². The predicted molar refractivity (Wildman–Crippen MR) is 130 cm³/mol. The van der Waals surface area contributed by atoms with Crippen molar-refractivity contribution >= 4 is 27.7 Å². The summed E-state index contributed by atoms with van der Waals surface area (Å²) < 4.78 is 22.4. The molecule has 0 radical (unpaired) electrons. The summed E-state index contributed by atoms with van der Waals surface area (Å²) in [4.78, 5) is 19.7. The molecule has 0 fully saturated rings. The summed E-state index contributed by atoms with van der Waals surface area (Å²) >= 11 is 0. The lowest BCUT2D eigenvalue weighted by atomic mass is 10.1. The molecule has 5 rings (SSSR count). The first kappa shape index (κ1) is 23.1. The zero-order chi connectivity index (χ0) is 25.2. The van der Waals surface area contributed by atoms with Crippen LogP contribution in [0.25, 0.3) is 44.6 Å². The van der Waals surface area contributed by atoms with E-state index in [0.29, 0.717) is 28.6 Å². The van der Waals surface area contributed by atoms with E-state index in [9.17, 15) is 4.79 Å². The largest absolute Gasteiger partial charge is 0.493 e. The van der Waals surface area contributed by atoms with Crippen LogP contribution in [-0.2, 0) is 11.2 Å². The van der Waals surface area contributed by atoms with Gasteiger partial charge in [0.05, 0.1) is 32.5 Å². The second-order valence-corrected chi connectivity index (χ2v) is 7.90. The lowest BCUT2D eigenvalue weighted by molar-refractivity contribution is -0.129. The van der Waals surface area contributed by atoms with Gasteiger partial charge in [-0.15, -0.1) is 10.2 Å². The molecule has 3 aromatic heterocycles. The highest BCUT2D eigenvalue weighted by atomic mass is 16.5. The molecule has 0 spiro atoms. The third-order valence-corrected chi connectivity index (χ3v) is 5.81. The molecule has 5 aromatic rings. The van der Waals surface area contributed by atoms with Crippen molar-refractivity contribution in [3.63, 3.8) is 0 Å². The molecule has 11 heteroatoms. The summed E-state index contributed by atoms with van der Waals surface area (Å²) in [6.07, 6.45) is 0.179. The Labute approximate surface area is 205 Å².